The molecule has 4 atom stereocenters. The van der Waals surface area contributed by atoms with Crippen molar-refractivity contribution >= 4 is 5.97 Å². The third-order valence-corrected chi connectivity index (χ3v) is 11.4. The van der Waals surface area contributed by atoms with Crippen molar-refractivity contribution in [2.45, 2.75) is 155 Å². The summed E-state index contributed by atoms with van der Waals surface area (Å²) in [7, 11) is 0. The van der Waals surface area contributed by atoms with Crippen molar-refractivity contribution in [1.29, 1.82) is 0 Å². The van der Waals surface area contributed by atoms with Gasteiger partial charge in [-0.05, 0) is 144 Å². The Kier molecular flexibility index (Phi) is 14.3. The van der Waals surface area contributed by atoms with Crippen LogP contribution in [-0.4, -0.2) is 42.3 Å². The summed E-state index contributed by atoms with van der Waals surface area (Å²) in [6, 6.07) is 10.5. The quantitative estimate of drug-likeness (QED) is 0.161. The second-order valence-electron chi connectivity index (χ2n) is 14.4. The second-order valence-corrected chi connectivity index (χ2v) is 14.4. The molecule has 3 aliphatic carbocycles. The summed E-state index contributed by atoms with van der Waals surface area (Å²) in [5.74, 6) is 4.41. The average Bonchev–Trinajstić information content (AvgIpc) is 3.00. The van der Waals surface area contributed by atoms with E-state index in [1.54, 1.807) is 0 Å². The molecule has 0 spiro atoms. The molecule has 4 rings (SSSR count). The van der Waals surface area contributed by atoms with E-state index in [1.807, 2.05) is 0 Å². The Balaban J connectivity index is 1.24. The van der Waals surface area contributed by atoms with Crippen LogP contribution in [0.2, 0.25) is 0 Å². The molecule has 43 heavy (non-hydrogen) atoms. The van der Waals surface area contributed by atoms with Crippen LogP contribution in [0.1, 0.15) is 130 Å². The predicted molar refractivity (Wildman–Crippen MR) is 174 cm³/mol. The van der Waals surface area contributed by atoms with Gasteiger partial charge in [-0.3, -0.25) is 4.79 Å². The summed E-state index contributed by atoms with van der Waals surface area (Å²) in [5.41, 5.74) is 1.31. The Labute approximate surface area is 262 Å². The lowest BCUT2D eigenvalue weighted by Crippen LogP contribution is -2.33. The summed E-state index contributed by atoms with van der Waals surface area (Å²) >= 11 is 0. The fourth-order valence-corrected chi connectivity index (χ4v) is 8.81. The fourth-order valence-electron chi connectivity index (χ4n) is 8.81. The number of carbonyl (C=O) groups excluding carboxylic acids is 1. The number of aliphatic hydroxyl groups is 1. The zero-order valence-electron chi connectivity index (χ0n) is 27.8. The van der Waals surface area contributed by atoms with Gasteiger partial charge in [0.1, 0.15) is 6.10 Å². The van der Waals surface area contributed by atoms with Crippen LogP contribution in [0.5, 0.6) is 0 Å². The summed E-state index contributed by atoms with van der Waals surface area (Å²) in [6.07, 6.45) is 18.7. The van der Waals surface area contributed by atoms with Gasteiger partial charge in [0.15, 0.2) is 6.29 Å². The number of aliphatic hydroxyl groups excluding tert-OH is 1. The molecule has 3 aliphatic rings. The van der Waals surface area contributed by atoms with Crippen LogP contribution in [0.3, 0.4) is 0 Å². The first-order chi connectivity index (χ1) is 20.8. The summed E-state index contributed by atoms with van der Waals surface area (Å²) in [4.78, 5) is 11.4. The van der Waals surface area contributed by atoms with Gasteiger partial charge < -0.3 is 19.3 Å². The molecule has 0 amide bonds. The molecule has 0 saturated heterocycles. The lowest BCUT2D eigenvalue weighted by Gasteiger charge is -2.41. The van der Waals surface area contributed by atoms with E-state index in [0.29, 0.717) is 18.6 Å². The van der Waals surface area contributed by atoms with E-state index in [4.69, 9.17) is 14.2 Å². The predicted octanol–water partition coefficient (Wildman–Crippen LogP) is 8.90. The molecule has 0 bridgehead atoms. The molecule has 0 aliphatic heterocycles. The van der Waals surface area contributed by atoms with Crippen molar-refractivity contribution in [2.75, 3.05) is 6.61 Å². The van der Waals surface area contributed by atoms with Gasteiger partial charge in [-0.15, -0.1) is 0 Å². The Morgan fingerprint density at radius 3 is 2.00 bits per heavy atom. The maximum atomic E-state index is 11.4. The zero-order chi connectivity index (χ0) is 30.6. The van der Waals surface area contributed by atoms with Crippen LogP contribution in [0.4, 0.5) is 0 Å². The van der Waals surface area contributed by atoms with Gasteiger partial charge in [0.25, 0.3) is 0 Å². The summed E-state index contributed by atoms with van der Waals surface area (Å²) in [5, 5.41) is 10.2. The molecule has 244 valence electrons. The smallest absolute Gasteiger partial charge is 0.302 e. The second kappa shape index (κ2) is 17.9. The summed E-state index contributed by atoms with van der Waals surface area (Å²) < 4.78 is 17.9. The molecule has 5 heteroatoms. The van der Waals surface area contributed by atoms with Gasteiger partial charge in [0.2, 0.25) is 0 Å². The van der Waals surface area contributed by atoms with Crippen LogP contribution in [-0.2, 0) is 25.4 Å². The highest BCUT2D eigenvalue weighted by atomic mass is 16.7. The van der Waals surface area contributed by atoms with Crippen LogP contribution in [0.15, 0.2) is 30.3 Å². The van der Waals surface area contributed by atoms with Crippen molar-refractivity contribution in [3.05, 3.63) is 35.9 Å². The molecule has 3 fully saturated rings. The van der Waals surface area contributed by atoms with E-state index in [2.05, 4.69) is 51.1 Å². The molecule has 1 N–H and O–H groups in total. The van der Waals surface area contributed by atoms with E-state index < -0.39 is 0 Å². The Bertz CT molecular complexity index is 896. The highest BCUT2D eigenvalue weighted by Gasteiger charge is 2.35. The van der Waals surface area contributed by atoms with Crippen molar-refractivity contribution in [3.63, 3.8) is 0 Å². The third kappa shape index (κ3) is 11.5. The topological polar surface area (TPSA) is 65.0 Å². The van der Waals surface area contributed by atoms with Gasteiger partial charge in [-0.25, -0.2) is 0 Å². The SMILES string of the molecule is CCC(CC(CC(C)C1CCC(OC(C)=O)CC1)C1CCC(O)CC1)C1CCC(OC(C)OCCc2ccccc2)CC1. The lowest BCUT2D eigenvalue weighted by atomic mass is 9.66. The fraction of sp³-hybridized carbons (Fsp3) is 0.816. The van der Waals surface area contributed by atoms with Gasteiger partial charge in [0, 0.05) is 6.92 Å². The molecule has 0 radical (unpaired) electrons. The molecule has 1 aromatic carbocycles. The minimum Gasteiger partial charge on any atom is -0.463 e. The molecule has 0 heterocycles. The molecule has 5 nitrogen and oxygen atoms in total. The number of hydrogen-bond donors (Lipinski definition) is 1. The number of ether oxygens (including phenoxy) is 3. The number of hydrogen-bond acceptors (Lipinski definition) is 5. The largest absolute Gasteiger partial charge is 0.463 e. The van der Waals surface area contributed by atoms with E-state index in [0.717, 1.165) is 74.5 Å². The highest BCUT2D eigenvalue weighted by molar-refractivity contribution is 5.66. The normalized spacial score (nSPS) is 31.1. The van der Waals surface area contributed by atoms with E-state index in [-0.39, 0.29) is 24.5 Å². The van der Waals surface area contributed by atoms with Gasteiger partial charge in [-0.2, -0.15) is 0 Å². The maximum Gasteiger partial charge on any atom is 0.302 e. The molecule has 0 aromatic heterocycles. The van der Waals surface area contributed by atoms with E-state index in [1.165, 1.54) is 70.3 Å². The monoisotopic (exact) mass is 598 g/mol. The first-order valence-electron chi connectivity index (χ1n) is 18.0. The van der Waals surface area contributed by atoms with E-state index >= 15 is 0 Å². The standard InChI is InChI=1S/C38H62O5/c1-5-31(33-15-21-38(22-16-33)43-29(4)41-24-23-30-9-7-6-8-10-30)26-35(34-11-17-36(40)18-12-34)25-27(2)32-13-19-37(20-14-32)42-28(3)39/h6-10,27,29,31-38,40H,5,11-26H2,1-4H3. The Morgan fingerprint density at radius 2 is 1.37 bits per heavy atom. The van der Waals surface area contributed by atoms with Crippen LogP contribution >= 0.6 is 0 Å². The van der Waals surface area contributed by atoms with Crippen molar-refractivity contribution in [2.24, 2.45) is 35.5 Å². The average molecular weight is 599 g/mol. The third-order valence-electron chi connectivity index (χ3n) is 11.4. The summed E-state index contributed by atoms with van der Waals surface area (Å²) in [6.45, 7) is 9.20. The number of benzene rings is 1. The highest BCUT2D eigenvalue weighted by Crippen LogP contribution is 2.44. The first-order valence-corrected chi connectivity index (χ1v) is 18.0. The van der Waals surface area contributed by atoms with Crippen LogP contribution in [0, 0.1) is 35.5 Å². The van der Waals surface area contributed by atoms with Crippen molar-refractivity contribution in [3.8, 4) is 0 Å². The maximum absolute atomic E-state index is 11.4. The first kappa shape index (κ1) is 34.4. The van der Waals surface area contributed by atoms with E-state index in [9.17, 15) is 9.90 Å². The van der Waals surface area contributed by atoms with Crippen molar-refractivity contribution < 1.29 is 24.1 Å². The van der Waals surface area contributed by atoms with Gasteiger partial charge >= 0.3 is 5.97 Å². The minimum absolute atomic E-state index is 0.0900. The molecule has 3 saturated carbocycles. The van der Waals surface area contributed by atoms with Crippen molar-refractivity contribution in [1.82, 2.24) is 0 Å². The van der Waals surface area contributed by atoms with Gasteiger partial charge in [-0.1, -0.05) is 50.6 Å². The Hall–Kier alpha value is -1.43. The molecular formula is C38H62O5. The zero-order valence-corrected chi connectivity index (χ0v) is 27.8. The van der Waals surface area contributed by atoms with Crippen LogP contribution < -0.4 is 0 Å². The number of carbonyl (C=O) groups is 1. The number of esters is 1. The van der Waals surface area contributed by atoms with Crippen LogP contribution in [0.25, 0.3) is 0 Å². The lowest BCUT2D eigenvalue weighted by molar-refractivity contribution is -0.168. The number of rotatable bonds is 15. The molecule has 4 unspecified atom stereocenters. The van der Waals surface area contributed by atoms with Gasteiger partial charge in [0.05, 0.1) is 18.8 Å². The minimum atomic E-state index is -0.149. The Morgan fingerprint density at radius 1 is 0.791 bits per heavy atom. The molecule has 1 aromatic rings. The molecular weight excluding hydrogens is 536 g/mol.